The summed E-state index contributed by atoms with van der Waals surface area (Å²) in [5.41, 5.74) is 1.22. The van der Waals surface area contributed by atoms with Crippen molar-refractivity contribution in [1.82, 2.24) is 14.1 Å². The fourth-order valence-corrected chi connectivity index (χ4v) is 5.99. The molecule has 0 radical (unpaired) electrons. The largest absolute Gasteiger partial charge is 0.497 e. The monoisotopic (exact) mass is 423 g/mol. The molecule has 0 aromatic heterocycles. The molecular formula is C21H33N3O4S. The maximum Gasteiger partial charge on any atom is 0.241 e. The number of methoxy groups -OCH3 is 1. The molecular weight excluding hydrogens is 390 g/mol. The Kier molecular flexibility index (Phi) is 7.54. The Bertz CT molecular complexity index is 782. The zero-order valence-electron chi connectivity index (χ0n) is 17.5. The lowest BCUT2D eigenvalue weighted by molar-refractivity contribution is -0.134. The van der Waals surface area contributed by atoms with E-state index in [9.17, 15) is 13.2 Å². The maximum atomic E-state index is 13.1. The van der Waals surface area contributed by atoms with Crippen LogP contribution in [-0.2, 0) is 21.4 Å². The Morgan fingerprint density at radius 2 is 1.83 bits per heavy atom. The van der Waals surface area contributed by atoms with Crippen molar-refractivity contribution in [2.45, 2.75) is 45.2 Å². The van der Waals surface area contributed by atoms with Crippen molar-refractivity contribution in [2.75, 3.05) is 45.6 Å². The number of sulfonamides is 1. The molecule has 2 fully saturated rings. The summed E-state index contributed by atoms with van der Waals surface area (Å²) >= 11 is 0. The third kappa shape index (κ3) is 5.49. The highest BCUT2D eigenvalue weighted by Crippen LogP contribution is 2.24. The highest BCUT2D eigenvalue weighted by atomic mass is 32.2. The summed E-state index contributed by atoms with van der Waals surface area (Å²) < 4.78 is 31.7. The fourth-order valence-electron chi connectivity index (χ4n) is 4.24. The second-order valence-corrected chi connectivity index (χ2v) is 9.93. The Labute approximate surface area is 174 Å². The molecule has 0 aliphatic carbocycles. The number of benzene rings is 1. The smallest absolute Gasteiger partial charge is 0.241 e. The van der Waals surface area contributed by atoms with Gasteiger partial charge >= 0.3 is 0 Å². The van der Waals surface area contributed by atoms with Crippen LogP contribution >= 0.6 is 0 Å². The van der Waals surface area contributed by atoms with Crippen molar-refractivity contribution in [3.8, 4) is 5.75 Å². The Hall–Kier alpha value is -1.64. The average Bonchev–Trinajstić information content (AvgIpc) is 3.10. The first kappa shape index (κ1) is 22.1. The number of hydrogen-bond acceptors (Lipinski definition) is 5. The van der Waals surface area contributed by atoms with Crippen LogP contribution in [0.4, 0.5) is 0 Å². The van der Waals surface area contributed by atoms with Gasteiger partial charge in [0.2, 0.25) is 15.9 Å². The number of carbonyl (C=O) groups is 1. The molecule has 0 saturated carbocycles. The predicted molar refractivity (Wildman–Crippen MR) is 113 cm³/mol. The lowest BCUT2D eigenvalue weighted by Crippen LogP contribution is -2.49. The zero-order chi connectivity index (χ0) is 20.9. The normalized spacial score (nSPS) is 21.9. The van der Waals surface area contributed by atoms with Crippen LogP contribution in [0.1, 0.15) is 38.2 Å². The van der Waals surface area contributed by atoms with Crippen molar-refractivity contribution in [2.24, 2.45) is 0 Å². The first-order chi connectivity index (χ1) is 13.9. The molecule has 2 aliphatic heterocycles. The van der Waals surface area contributed by atoms with Crippen molar-refractivity contribution in [1.29, 1.82) is 0 Å². The molecule has 1 aromatic carbocycles. The number of amides is 1. The van der Waals surface area contributed by atoms with Crippen LogP contribution in [0.15, 0.2) is 24.3 Å². The quantitative estimate of drug-likeness (QED) is 0.670. The summed E-state index contributed by atoms with van der Waals surface area (Å²) in [7, 11) is -1.68. The Morgan fingerprint density at radius 1 is 1.07 bits per heavy atom. The molecule has 0 N–H and O–H groups in total. The molecule has 29 heavy (non-hydrogen) atoms. The molecule has 0 spiro atoms. The standard InChI is InChI=1S/C21H33N3O4S/c1-3-16-29(26,27)24-13-4-6-20(24)21(25)23-12-5-11-22(14-15-23)17-18-7-9-19(28-2)10-8-18/h7-10,20H,3-6,11-17H2,1-2H3. The molecule has 7 nitrogen and oxygen atoms in total. The molecule has 3 rings (SSSR count). The Morgan fingerprint density at radius 3 is 2.52 bits per heavy atom. The van der Waals surface area contributed by atoms with Crippen LogP contribution in [0.5, 0.6) is 5.75 Å². The van der Waals surface area contributed by atoms with Crippen LogP contribution in [0.2, 0.25) is 0 Å². The number of carbonyl (C=O) groups excluding carboxylic acids is 1. The predicted octanol–water partition coefficient (Wildman–Crippen LogP) is 1.93. The lowest BCUT2D eigenvalue weighted by atomic mass is 10.2. The van der Waals surface area contributed by atoms with Gasteiger partial charge in [0.15, 0.2) is 0 Å². The molecule has 2 aliphatic rings. The van der Waals surface area contributed by atoms with Gasteiger partial charge in [0.1, 0.15) is 11.8 Å². The summed E-state index contributed by atoms with van der Waals surface area (Å²) in [4.78, 5) is 17.4. The minimum absolute atomic E-state index is 0.0199. The van der Waals surface area contributed by atoms with E-state index in [0.717, 1.165) is 38.2 Å². The van der Waals surface area contributed by atoms with Crippen LogP contribution in [0.25, 0.3) is 0 Å². The van der Waals surface area contributed by atoms with Gasteiger partial charge in [-0.15, -0.1) is 0 Å². The van der Waals surface area contributed by atoms with Gasteiger partial charge in [-0.2, -0.15) is 4.31 Å². The number of rotatable bonds is 7. The van der Waals surface area contributed by atoms with Gasteiger partial charge in [-0.05, 0) is 43.4 Å². The Balaban J connectivity index is 1.58. The lowest BCUT2D eigenvalue weighted by Gasteiger charge is -2.29. The highest BCUT2D eigenvalue weighted by molar-refractivity contribution is 7.89. The number of nitrogens with zero attached hydrogens (tertiary/aromatic N) is 3. The summed E-state index contributed by atoms with van der Waals surface area (Å²) in [5, 5.41) is 0. The third-order valence-corrected chi connectivity index (χ3v) is 7.85. The van der Waals surface area contributed by atoms with Gasteiger partial charge in [-0.25, -0.2) is 8.42 Å². The molecule has 0 bridgehead atoms. The van der Waals surface area contributed by atoms with Crippen LogP contribution in [-0.4, -0.2) is 80.1 Å². The van der Waals surface area contributed by atoms with Gasteiger partial charge in [0.25, 0.3) is 0 Å². The van der Waals surface area contributed by atoms with Crippen molar-refractivity contribution in [3.05, 3.63) is 29.8 Å². The summed E-state index contributed by atoms with van der Waals surface area (Å²) in [5.74, 6) is 0.945. The topological polar surface area (TPSA) is 70.2 Å². The molecule has 1 atom stereocenters. The molecule has 8 heteroatoms. The van der Waals surface area contributed by atoms with Crippen molar-refractivity contribution < 1.29 is 17.9 Å². The fraction of sp³-hybridized carbons (Fsp3) is 0.667. The van der Waals surface area contributed by atoms with E-state index in [1.54, 1.807) is 7.11 Å². The van der Waals surface area contributed by atoms with Crippen LogP contribution in [0, 0.1) is 0 Å². The SMILES string of the molecule is CCCS(=O)(=O)N1CCCC1C(=O)N1CCCN(Cc2ccc(OC)cc2)CC1. The van der Waals surface area contributed by atoms with E-state index >= 15 is 0 Å². The third-order valence-electron chi connectivity index (χ3n) is 5.77. The summed E-state index contributed by atoms with van der Waals surface area (Å²) in [6, 6.07) is 7.56. The second kappa shape index (κ2) is 9.91. The van der Waals surface area contributed by atoms with Gasteiger partial charge in [-0.1, -0.05) is 19.1 Å². The van der Waals surface area contributed by atoms with Gasteiger partial charge in [0.05, 0.1) is 12.9 Å². The molecule has 2 saturated heterocycles. The minimum atomic E-state index is -3.34. The van der Waals surface area contributed by atoms with E-state index < -0.39 is 16.1 Å². The first-order valence-corrected chi connectivity index (χ1v) is 12.2. The first-order valence-electron chi connectivity index (χ1n) is 10.6. The second-order valence-electron chi connectivity index (χ2n) is 7.89. The number of ether oxygens (including phenoxy) is 1. The minimum Gasteiger partial charge on any atom is -0.497 e. The van der Waals surface area contributed by atoms with Crippen molar-refractivity contribution >= 4 is 15.9 Å². The molecule has 162 valence electrons. The number of hydrogen-bond donors (Lipinski definition) is 0. The zero-order valence-corrected chi connectivity index (χ0v) is 18.4. The summed E-state index contributed by atoms with van der Waals surface area (Å²) in [6.45, 7) is 6.23. The summed E-state index contributed by atoms with van der Waals surface area (Å²) in [6.07, 6.45) is 2.87. The van der Waals surface area contributed by atoms with Crippen molar-refractivity contribution in [3.63, 3.8) is 0 Å². The molecule has 2 heterocycles. The van der Waals surface area contributed by atoms with Crippen LogP contribution < -0.4 is 4.74 Å². The maximum absolute atomic E-state index is 13.1. The van der Waals surface area contributed by atoms with E-state index in [2.05, 4.69) is 17.0 Å². The average molecular weight is 424 g/mol. The van der Waals surface area contributed by atoms with E-state index in [-0.39, 0.29) is 11.7 Å². The highest BCUT2D eigenvalue weighted by Gasteiger charge is 2.40. The molecule has 1 amide bonds. The van der Waals surface area contributed by atoms with E-state index in [1.807, 2.05) is 24.0 Å². The van der Waals surface area contributed by atoms with Gasteiger partial charge in [-0.3, -0.25) is 9.69 Å². The molecule has 1 aromatic rings. The van der Waals surface area contributed by atoms with Gasteiger partial charge < -0.3 is 9.64 Å². The molecule has 1 unspecified atom stereocenters. The van der Waals surface area contributed by atoms with E-state index in [0.29, 0.717) is 32.5 Å². The van der Waals surface area contributed by atoms with E-state index in [4.69, 9.17) is 4.74 Å². The van der Waals surface area contributed by atoms with Gasteiger partial charge in [0, 0.05) is 39.3 Å². The van der Waals surface area contributed by atoms with Crippen LogP contribution in [0.3, 0.4) is 0 Å². The van der Waals surface area contributed by atoms with E-state index in [1.165, 1.54) is 9.87 Å².